The van der Waals surface area contributed by atoms with E-state index >= 15 is 0 Å². The number of carbonyl (C=O) groups excluding carboxylic acids is 1. The first kappa shape index (κ1) is 21.0. The minimum absolute atomic E-state index is 0. The highest BCUT2D eigenvalue weighted by Gasteiger charge is 2.40. The highest BCUT2D eigenvalue weighted by Crippen LogP contribution is 2.44. The largest absolute Gasteiger partial charge is 0.416 e. The maximum absolute atomic E-state index is 13.0. The second-order valence-corrected chi connectivity index (χ2v) is 7.39. The summed E-state index contributed by atoms with van der Waals surface area (Å²) in [5, 5.41) is 6.25. The summed E-state index contributed by atoms with van der Waals surface area (Å²) >= 11 is 0. The number of carbonyl (C=O) groups is 1. The number of hydrogen-bond acceptors (Lipinski definition) is 2. The third-order valence-corrected chi connectivity index (χ3v) is 5.68. The van der Waals surface area contributed by atoms with Gasteiger partial charge in [0.2, 0.25) is 5.91 Å². The van der Waals surface area contributed by atoms with Crippen molar-refractivity contribution >= 4 is 18.3 Å². The van der Waals surface area contributed by atoms with Crippen LogP contribution in [0.25, 0.3) is 0 Å². The minimum Gasteiger partial charge on any atom is -0.355 e. The minimum atomic E-state index is -4.33. The molecule has 3 nitrogen and oxygen atoms in total. The number of nitrogens with one attached hydrogen (secondary N) is 2. The van der Waals surface area contributed by atoms with Crippen molar-refractivity contribution in [2.45, 2.75) is 50.1 Å². The lowest BCUT2D eigenvalue weighted by Gasteiger charge is -2.43. The SMILES string of the molecule is Cl.O=C(CCC1CCNC1)NCC1(c2cccc(C(F)(F)F)c2)CCC1. The first-order chi connectivity index (χ1) is 11.9. The predicted octanol–water partition coefficient (Wildman–Crippen LogP) is 4.05. The number of halogens is 4. The van der Waals surface area contributed by atoms with Gasteiger partial charge in [0.15, 0.2) is 0 Å². The number of hydrogen-bond donors (Lipinski definition) is 2. The lowest BCUT2D eigenvalue weighted by molar-refractivity contribution is -0.137. The van der Waals surface area contributed by atoms with Gasteiger partial charge >= 0.3 is 6.18 Å². The molecule has 26 heavy (non-hydrogen) atoms. The van der Waals surface area contributed by atoms with E-state index in [0.717, 1.165) is 51.3 Å². The summed E-state index contributed by atoms with van der Waals surface area (Å²) < 4.78 is 38.9. The van der Waals surface area contributed by atoms with E-state index in [4.69, 9.17) is 0 Å². The van der Waals surface area contributed by atoms with E-state index in [1.54, 1.807) is 6.07 Å². The molecule has 7 heteroatoms. The zero-order chi connectivity index (χ0) is 17.9. The maximum Gasteiger partial charge on any atom is 0.416 e. The molecule has 0 aromatic heterocycles. The molecule has 1 saturated heterocycles. The van der Waals surface area contributed by atoms with E-state index in [-0.39, 0.29) is 23.7 Å². The van der Waals surface area contributed by atoms with Gasteiger partial charge in [0, 0.05) is 18.4 Å². The summed E-state index contributed by atoms with van der Waals surface area (Å²) in [4.78, 5) is 12.1. The van der Waals surface area contributed by atoms with Crippen molar-refractivity contribution in [2.75, 3.05) is 19.6 Å². The highest BCUT2D eigenvalue weighted by molar-refractivity contribution is 5.85. The Bertz CT molecular complexity index is 611. The Morgan fingerprint density at radius 2 is 2.08 bits per heavy atom. The molecule has 3 rings (SSSR count). The third-order valence-electron chi connectivity index (χ3n) is 5.68. The Morgan fingerprint density at radius 3 is 2.65 bits per heavy atom. The summed E-state index contributed by atoms with van der Waals surface area (Å²) in [6.07, 6.45) is 0.767. The molecule has 1 aliphatic carbocycles. The zero-order valence-electron chi connectivity index (χ0n) is 14.7. The van der Waals surface area contributed by atoms with Crippen LogP contribution in [0.2, 0.25) is 0 Å². The van der Waals surface area contributed by atoms with Gasteiger partial charge in [-0.05, 0) is 56.3 Å². The molecule has 1 aliphatic heterocycles. The Hall–Kier alpha value is -1.27. The van der Waals surface area contributed by atoms with Crippen molar-refractivity contribution in [1.82, 2.24) is 10.6 Å². The van der Waals surface area contributed by atoms with E-state index in [0.29, 0.717) is 24.4 Å². The molecular weight excluding hydrogens is 365 g/mol. The molecule has 1 aromatic carbocycles. The Balaban J connectivity index is 0.00000243. The van der Waals surface area contributed by atoms with E-state index < -0.39 is 11.7 Å². The molecule has 0 spiro atoms. The van der Waals surface area contributed by atoms with Gasteiger partial charge in [-0.3, -0.25) is 4.79 Å². The van der Waals surface area contributed by atoms with Crippen LogP contribution in [-0.4, -0.2) is 25.5 Å². The first-order valence-corrected chi connectivity index (χ1v) is 9.04. The van der Waals surface area contributed by atoms with Crippen LogP contribution < -0.4 is 10.6 Å². The lowest BCUT2D eigenvalue weighted by atomic mass is 9.64. The molecule has 0 radical (unpaired) electrons. The average molecular weight is 391 g/mol. The summed E-state index contributed by atoms with van der Waals surface area (Å²) in [6, 6.07) is 5.57. The summed E-state index contributed by atoms with van der Waals surface area (Å²) in [6.45, 7) is 2.42. The molecule has 2 N–H and O–H groups in total. The number of amides is 1. The van der Waals surface area contributed by atoms with E-state index in [9.17, 15) is 18.0 Å². The highest BCUT2D eigenvalue weighted by atomic mass is 35.5. The molecular formula is C19H26ClF3N2O. The fourth-order valence-corrected chi connectivity index (χ4v) is 3.85. The van der Waals surface area contributed by atoms with Crippen molar-refractivity contribution in [2.24, 2.45) is 5.92 Å². The Kier molecular flexibility index (Phi) is 6.97. The summed E-state index contributed by atoms with van der Waals surface area (Å²) in [5.74, 6) is 0.567. The predicted molar refractivity (Wildman–Crippen MR) is 97.4 cm³/mol. The number of benzene rings is 1. The summed E-state index contributed by atoms with van der Waals surface area (Å²) in [5.41, 5.74) is -0.267. The molecule has 1 heterocycles. The molecule has 146 valence electrons. The van der Waals surface area contributed by atoms with Crippen LogP contribution >= 0.6 is 12.4 Å². The van der Waals surface area contributed by atoms with Crippen molar-refractivity contribution in [1.29, 1.82) is 0 Å². The zero-order valence-corrected chi connectivity index (χ0v) is 15.5. The van der Waals surface area contributed by atoms with Gasteiger partial charge in [-0.2, -0.15) is 13.2 Å². The van der Waals surface area contributed by atoms with Crippen molar-refractivity contribution in [3.63, 3.8) is 0 Å². The van der Waals surface area contributed by atoms with Crippen LogP contribution in [0.4, 0.5) is 13.2 Å². The molecule has 2 aliphatic rings. The van der Waals surface area contributed by atoms with E-state index in [2.05, 4.69) is 10.6 Å². The second-order valence-electron chi connectivity index (χ2n) is 7.39. The van der Waals surface area contributed by atoms with Crippen molar-refractivity contribution in [3.8, 4) is 0 Å². The van der Waals surface area contributed by atoms with Crippen molar-refractivity contribution < 1.29 is 18.0 Å². The second kappa shape index (κ2) is 8.61. The quantitative estimate of drug-likeness (QED) is 0.769. The van der Waals surface area contributed by atoms with E-state index in [1.807, 2.05) is 0 Å². The van der Waals surface area contributed by atoms with Crippen LogP contribution in [0, 0.1) is 5.92 Å². The Labute approximate surface area is 158 Å². The number of alkyl halides is 3. The van der Waals surface area contributed by atoms with Crippen molar-refractivity contribution in [3.05, 3.63) is 35.4 Å². The molecule has 1 aromatic rings. The molecule has 1 amide bonds. The van der Waals surface area contributed by atoms with Gasteiger partial charge in [0.1, 0.15) is 0 Å². The Morgan fingerprint density at radius 1 is 1.31 bits per heavy atom. The van der Waals surface area contributed by atoms with Crippen LogP contribution in [0.1, 0.15) is 49.7 Å². The van der Waals surface area contributed by atoms with Crippen LogP contribution in [0.15, 0.2) is 24.3 Å². The number of rotatable bonds is 6. The molecule has 1 saturated carbocycles. The van der Waals surface area contributed by atoms with Gasteiger partial charge in [0.05, 0.1) is 5.56 Å². The summed E-state index contributed by atoms with van der Waals surface area (Å²) in [7, 11) is 0. The smallest absolute Gasteiger partial charge is 0.355 e. The fraction of sp³-hybridized carbons (Fsp3) is 0.632. The normalized spacial score (nSPS) is 21.6. The topological polar surface area (TPSA) is 41.1 Å². The van der Waals surface area contributed by atoms with Gasteiger partial charge in [-0.15, -0.1) is 12.4 Å². The monoisotopic (exact) mass is 390 g/mol. The van der Waals surface area contributed by atoms with Crippen LogP contribution in [0.3, 0.4) is 0 Å². The van der Waals surface area contributed by atoms with Crippen LogP contribution in [-0.2, 0) is 16.4 Å². The standard InChI is InChI=1S/C19H25F3N2O.ClH/c20-19(21,22)16-4-1-3-15(11-16)18(8-2-9-18)13-24-17(25)6-5-14-7-10-23-12-14;/h1,3-4,11,14,23H,2,5-10,12-13H2,(H,24,25);1H. The molecule has 1 atom stereocenters. The third kappa shape index (κ3) is 4.92. The molecule has 2 fully saturated rings. The average Bonchev–Trinajstić information content (AvgIpc) is 3.05. The van der Waals surface area contributed by atoms with Crippen LogP contribution in [0.5, 0.6) is 0 Å². The molecule has 1 unspecified atom stereocenters. The first-order valence-electron chi connectivity index (χ1n) is 9.04. The lowest BCUT2D eigenvalue weighted by Crippen LogP contribution is -2.45. The van der Waals surface area contributed by atoms with Gasteiger partial charge < -0.3 is 10.6 Å². The van der Waals surface area contributed by atoms with Gasteiger partial charge in [0.25, 0.3) is 0 Å². The van der Waals surface area contributed by atoms with Gasteiger partial charge in [-0.1, -0.05) is 24.6 Å². The van der Waals surface area contributed by atoms with Gasteiger partial charge in [-0.25, -0.2) is 0 Å². The molecule has 0 bridgehead atoms. The van der Waals surface area contributed by atoms with E-state index in [1.165, 1.54) is 12.1 Å². The fourth-order valence-electron chi connectivity index (χ4n) is 3.85. The maximum atomic E-state index is 13.0.